The number of fused-ring (bicyclic) bond motifs is 4. The number of anilines is 2. The lowest BCUT2D eigenvalue weighted by Gasteiger charge is -2.30. The molecule has 7 rings (SSSR count). The molecule has 0 aromatic carbocycles. The predicted octanol–water partition coefficient (Wildman–Crippen LogP) is -1.94. The standard InChI is InChI=1S/C20H26N12O9P2S2/c21-7-11-6(39-17(7)31-3-25-9-13(31)27-19(23)29-15(9)33)2-37-43(35,45)41-12-5(1-36-42(44)40-11)38-18(8(12)22)32-4-26-10-14(32)28-20(24)30-16(10)34/h3-8,11-12,17-18,44H,1-2,21-22H2,(H,35,45)(H3,23,27,29,33)(H3,24,28,30,34)/t5-,6-,7?,8?,11?,12?,17-,18-,42?,43?/m1/s1. The molecule has 0 aliphatic carbocycles. The van der Waals surface area contributed by atoms with E-state index < -0.39 is 74.4 Å². The largest absolute Gasteiger partial charge is 0.369 e. The van der Waals surface area contributed by atoms with Gasteiger partial charge < -0.3 is 55.4 Å². The number of H-pyrrole nitrogens is 2. The summed E-state index contributed by atoms with van der Waals surface area (Å²) >= 11 is 9.81. The van der Waals surface area contributed by atoms with Crippen molar-refractivity contribution in [1.82, 2.24) is 39.0 Å². The highest BCUT2D eigenvalue weighted by Crippen LogP contribution is 2.53. The first-order valence-electron chi connectivity index (χ1n) is 13.1. The first-order valence-corrected chi connectivity index (χ1v) is 18.0. The Labute approximate surface area is 262 Å². The number of aromatic amines is 2. The van der Waals surface area contributed by atoms with Gasteiger partial charge in [-0.25, -0.2) is 9.97 Å². The molecule has 4 aromatic heterocycles. The Hall–Kier alpha value is -2.63. The molecule has 0 spiro atoms. The van der Waals surface area contributed by atoms with E-state index in [1.54, 1.807) is 0 Å². The fraction of sp³-hybridized carbons (Fsp3) is 0.500. The molecule has 4 aromatic rings. The van der Waals surface area contributed by atoms with E-state index in [1.165, 1.54) is 21.8 Å². The maximum atomic E-state index is 12.3. The van der Waals surface area contributed by atoms with Crippen LogP contribution in [0, 0.1) is 0 Å². The SMILES string of the molecule is Nc1nc2c(ncn2[C@@H]2O[C@@H]3COP(O)(=S)OC4C(N)[C@H](n5cnc6c(=O)[nH]c(N)nc65)O[C@@H]4COP(S)OC3C2N)c(=O)[nH]1. The van der Waals surface area contributed by atoms with Crippen molar-refractivity contribution < 1.29 is 32.5 Å². The topological polar surface area (TPSA) is 307 Å². The lowest BCUT2D eigenvalue weighted by Crippen LogP contribution is -2.43. The molecule has 21 nitrogen and oxygen atoms in total. The number of nitrogens with zero attached hydrogens (tertiary/aromatic N) is 6. The minimum absolute atomic E-state index is 0.0156. The molecule has 11 N–H and O–H groups in total. The normalized spacial score (nSPS) is 36.0. The minimum atomic E-state index is -4.01. The molecule has 3 aliphatic rings. The Kier molecular flexibility index (Phi) is 7.96. The van der Waals surface area contributed by atoms with Crippen LogP contribution in [0.2, 0.25) is 0 Å². The molecule has 25 heteroatoms. The number of nitrogens with two attached hydrogens (primary N) is 4. The van der Waals surface area contributed by atoms with Crippen LogP contribution in [0.4, 0.5) is 11.9 Å². The lowest BCUT2D eigenvalue weighted by molar-refractivity contribution is -0.0532. The van der Waals surface area contributed by atoms with Crippen LogP contribution < -0.4 is 34.1 Å². The molecule has 0 bridgehead atoms. The smallest absolute Gasteiger partial charge is 0.325 e. The highest BCUT2D eigenvalue weighted by atomic mass is 32.7. The van der Waals surface area contributed by atoms with Crippen molar-refractivity contribution in [3.63, 3.8) is 0 Å². The number of imidazole rings is 2. The van der Waals surface area contributed by atoms with Crippen molar-refractivity contribution in [2.45, 2.75) is 49.0 Å². The summed E-state index contributed by atoms with van der Waals surface area (Å²) in [5.41, 5.74) is 23.8. The van der Waals surface area contributed by atoms with Gasteiger partial charge in [-0.1, -0.05) is 12.2 Å². The number of rotatable bonds is 2. The van der Waals surface area contributed by atoms with E-state index >= 15 is 0 Å². The van der Waals surface area contributed by atoms with Gasteiger partial charge >= 0.3 is 6.72 Å². The van der Waals surface area contributed by atoms with Gasteiger partial charge in [-0.2, -0.15) is 9.97 Å². The van der Waals surface area contributed by atoms with Crippen LogP contribution in [0.15, 0.2) is 22.2 Å². The highest BCUT2D eigenvalue weighted by Gasteiger charge is 2.50. The van der Waals surface area contributed by atoms with Gasteiger partial charge in [-0.15, -0.1) is 0 Å². The summed E-state index contributed by atoms with van der Waals surface area (Å²) in [6, 6.07) is -1.86. The number of ether oxygens (including phenoxy) is 2. The predicted molar refractivity (Wildman–Crippen MR) is 163 cm³/mol. The molecule has 3 aliphatic heterocycles. The molecule has 0 radical (unpaired) electrons. The van der Waals surface area contributed by atoms with Gasteiger partial charge in [0.25, 0.3) is 11.1 Å². The lowest BCUT2D eigenvalue weighted by atomic mass is 10.1. The van der Waals surface area contributed by atoms with Crippen LogP contribution in [0.25, 0.3) is 22.3 Å². The molecule has 7 heterocycles. The molecular weight excluding hydrogens is 678 g/mol. The Morgan fingerprint density at radius 2 is 1.44 bits per heavy atom. The van der Waals surface area contributed by atoms with E-state index in [-0.39, 0.29) is 47.4 Å². The number of hydrogen-bond donors (Lipinski definition) is 8. The summed E-state index contributed by atoms with van der Waals surface area (Å²) in [6.45, 7) is -4.50. The average molecular weight is 705 g/mol. The fourth-order valence-corrected chi connectivity index (χ4v) is 8.25. The van der Waals surface area contributed by atoms with Crippen molar-refractivity contribution in [2.24, 2.45) is 11.5 Å². The molecule has 45 heavy (non-hydrogen) atoms. The zero-order chi connectivity index (χ0) is 31.8. The Morgan fingerprint density at radius 3 is 2.00 bits per heavy atom. The second-order valence-corrected chi connectivity index (χ2v) is 15.0. The fourth-order valence-electron chi connectivity index (χ4n) is 5.44. The molecule has 10 atom stereocenters. The number of nitrogen functional groups attached to an aromatic ring is 2. The van der Waals surface area contributed by atoms with E-state index in [9.17, 15) is 14.5 Å². The van der Waals surface area contributed by atoms with Crippen LogP contribution >= 0.6 is 26.5 Å². The first kappa shape index (κ1) is 31.0. The van der Waals surface area contributed by atoms with Crippen LogP contribution in [0.3, 0.4) is 0 Å². The van der Waals surface area contributed by atoms with Gasteiger partial charge in [0.05, 0.1) is 38.0 Å². The summed E-state index contributed by atoms with van der Waals surface area (Å²) in [7, 11) is -1.91. The van der Waals surface area contributed by atoms with E-state index in [0.717, 1.165) is 0 Å². The van der Waals surface area contributed by atoms with Crippen molar-refractivity contribution in [3.8, 4) is 0 Å². The zero-order valence-corrected chi connectivity index (χ0v) is 26.1. The van der Waals surface area contributed by atoms with E-state index in [1.807, 2.05) is 0 Å². The molecule has 0 saturated carbocycles. The molecule has 3 saturated heterocycles. The quantitative estimate of drug-likeness (QED) is 0.0831. The van der Waals surface area contributed by atoms with E-state index in [4.69, 9.17) is 62.3 Å². The summed E-state index contributed by atoms with van der Waals surface area (Å²) in [5.74, 6) is -0.256. The van der Waals surface area contributed by atoms with Crippen molar-refractivity contribution in [2.75, 3.05) is 24.7 Å². The summed E-state index contributed by atoms with van der Waals surface area (Å²) in [4.78, 5) is 57.0. The summed E-state index contributed by atoms with van der Waals surface area (Å²) < 4.78 is 38.8. The second-order valence-electron chi connectivity index (χ2n) is 10.3. The molecule has 0 amide bonds. The Balaban J connectivity index is 1.15. The number of thiol groups is 1. The zero-order valence-electron chi connectivity index (χ0n) is 22.6. The van der Waals surface area contributed by atoms with Crippen LogP contribution in [0.5, 0.6) is 0 Å². The van der Waals surface area contributed by atoms with Crippen molar-refractivity contribution in [3.05, 3.63) is 33.4 Å². The van der Waals surface area contributed by atoms with Crippen LogP contribution in [-0.2, 0) is 39.4 Å². The van der Waals surface area contributed by atoms with Crippen molar-refractivity contribution in [1.29, 1.82) is 0 Å². The van der Waals surface area contributed by atoms with E-state index in [2.05, 4.69) is 42.2 Å². The summed E-state index contributed by atoms with van der Waals surface area (Å²) in [6.07, 6.45) is -3.04. The van der Waals surface area contributed by atoms with Gasteiger partial charge in [0, 0.05) is 0 Å². The first-order chi connectivity index (χ1) is 21.4. The van der Waals surface area contributed by atoms with Crippen LogP contribution in [0.1, 0.15) is 12.5 Å². The minimum Gasteiger partial charge on any atom is -0.369 e. The number of aromatic nitrogens is 8. The van der Waals surface area contributed by atoms with Gasteiger partial charge in [-0.05, 0) is 11.8 Å². The Bertz CT molecular complexity index is 1940. The Morgan fingerprint density at radius 1 is 0.933 bits per heavy atom. The number of nitrogens with one attached hydrogen (secondary N) is 2. The van der Waals surface area contributed by atoms with Gasteiger partial charge in [-0.3, -0.25) is 28.7 Å². The van der Waals surface area contributed by atoms with Crippen LogP contribution in [-0.4, -0.2) is 93.6 Å². The van der Waals surface area contributed by atoms with Crippen molar-refractivity contribution >= 4 is 72.6 Å². The van der Waals surface area contributed by atoms with Gasteiger partial charge in [0.2, 0.25) is 19.5 Å². The van der Waals surface area contributed by atoms with Gasteiger partial charge in [0.1, 0.15) is 24.4 Å². The van der Waals surface area contributed by atoms with E-state index in [0.29, 0.717) is 0 Å². The number of hydrogen-bond acceptors (Lipinski definition) is 18. The maximum Gasteiger partial charge on any atom is 0.325 e. The third-order valence-corrected chi connectivity index (χ3v) is 10.4. The third-order valence-electron chi connectivity index (χ3n) is 7.45. The second kappa shape index (κ2) is 11.6. The molecular formula is C20H26N12O9P2S2. The monoisotopic (exact) mass is 704 g/mol. The highest BCUT2D eigenvalue weighted by molar-refractivity contribution is 8.41. The molecule has 3 fully saturated rings. The molecule has 242 valence electrons. The summed E-state index contributed by atoms with van der Waals surface area (Å²) in [5, 5.41) is 0. The molecule has 6 unspecified atom stereocenters. The average Bonchev–Trinajstić information content (AvgIpc) is 3.72. The van der Waals surface area contributed by atoms with Gasteiger partial charge in [0.15, 0.2) is 34.8 Å². The maximum absolute atomic E-state index is 12.3. The third kappa shape index (κ3) is 5.56.